The molecule has 136 valence electrons. The maximum absolute atomic E-state index is 12.3. The van der Waals surface area contributed by atoms with E-state index in [0.29, 0.717) is 41.2 Å². The summed E-state index contributed by atoms with van der Waals surface area (Å²) < 4.78 is 5.83. The fraction of sp³-hybridized carbons (Fsp3) is 0.350. The lowest BCUT2D eigenvalue weighted by Crippen LogP contribution is -2.51. The van der Waals surface area contributed by atoms with Gasteiger partial charge in [0.2, 0.25) is 5.91 Å². The molecule has 0 aromatic heterocycles. The van der Waals surface area contributed by atoms with E-state index in [9.17, 15) is 9.59 Å². The molecule has 1 aliphatic heterocycles. The molecule has 1 amide bonds. The van der Waals surface area contributed by atoms with Crippen LogP contribution in [-0.2, 0) is 11.2 Å². The van der Waals surface area contributed by atoms with E-state index in [4.69, 9.17) is 4.42 Å². The number of hydrogen-bond donors (Lipinski definition) is 2. The lowest BCUT2D eigenvalue weighted by atomic mass is 10.0. The summed E-state index contributed by atoms with van der Waals surface area (Å²) in [6.07, 6.45) is 4.33. The van der Waals surface area contributed by atoms with Gasteiger partial charge in [0, 0.05) is 17.3 Å². The van der Waals surface area contributed by atoms with Gasteiger partial charge in [-0.1, -0.05) is 19.8 Å². The van der Waals surface area contributed by atoms with Crippen LogP contribution in [0.5, 0.6) is 0 Å². The van der Waals surface area contributed by atoms with E-state index in [-0.39, 0.29) is 11.3 Å². The molecular formula is C20H24N3O3+. The van der Waals surface area contributed by atoms with Crippen LogP contribution < -0.4 is 16.5 Å². The first-order valence-electron chi connectivity index (χ1n) is 9.07. The Morgan fingerprint density at radius 1 is 1.23 bits per heavy atom. The van der Waals surface area contributed by atoms with Crippen LogP contribution in [0.2, 0.25) is 0 Å². The standard InChI is InChI=1S/C20H23N3O3/c1-2-3-4-5-13-10-15-19(12-17(13)24)26-18-7-6-14(11-16(18)23-15)22-20(25)8-9-21/h6-7,10-12H,2-5,8-9,21H2,1H3,(H,22,25)/p+1. The fourth-order valence-corrected chi connectivity index (χ4v) is 2.92. The molecule has 26 heavy (non-hydrogen) atoms. The number of aromatic nitrogens is 1. The van der Waals surface area contributed by atoms with Crippen molar-refractivity contribution in [2.45, 2.75) is 39.0 Å². The molecule has 1 aliphatic carbocycles. The van der Waals surface area contributed by atoms with Gasteiger partial charge in [-0.3, -0.25) is 9.59 Å². The molecule has 0 fully saturated rings. The molecule has 1 aromatic carbocycles. The van der Waals surface area contributed by atoms with Gasteiger partial charge in [0.05, 0.1) is 13.0 Å². The van der Waals surface area contributed by atoms with Crippen molar-refractivity contribution in [1.82, 2.24) is 4.98 Å². The zero-order valence-electron chi connectivity index (χ0n) is 15.0. The molecule has 6 nitrogen and oxygen atoms in total. The Bertz CT molecular complexity index is 949. The summed E-state index contributed by atoms with van der Waals surface area (Å²) in [5.74, 6) is 0.405. The van der Waals surface area contributed by atoms with Gasteiger partial charge in [0.25, 0.3) is 0 Å². The lowest BCUT2D eigenvalue weighted by Gasteiger charge is -2.10. The monoisotopic (exact) mass is 354 g/mol. The van der Waals surface area contributed by atoms with Crippen LogP contribution in [0.1, 0.15) is 38.2 Å². The minimum atomic E-state index is -0.0775. The van der Waals surface area contributed by atoms with Gasteiger partial charge in [-0.05, 0) is 37.1 Å². The van der Waals surface area contributed by atoms with Gasteiger partial charge in [0.15, 0.2) is 16.8 Å². The summed E-state index contributed by atoms with van der Waals surface area (Å²) in [6, 6.07) is 8.64. The normalized spacial score (nSPS) is 11.2. The van der Waals surface area contributed by atoms with Crippen LogP contribution in [0.15, 0.2) is 39.5 Å². The van der Waals surface area contributed by atoms with E-state index in [1.807, 2.05) is 6.07 Å². The van der Waals surface area contributed by atoms with Crippen LogP contribution in [0.4, 0.5) is 5.69 Å². The lowest BCUT2D eigenvalue weighted by molar-refractivity contribution is -0.365. The third kappa shape index (κ3) is 4.08. The molecule has 0 spiro atoms. The number of quaternary nitrogens is 1. The van der Waals surface area contributed by atoms with Gasteiger partial charge in [0.1, 0.15) is 11.2 Å². The molecule has 1 heterocycles. The Labute approximate surface area is 151 Å². The average molecular weight is 354 g/mol. The first-order valence-corrected chi connectivity index (χ1v) is 9.07. The zero-order chi connectivity index (χ0) is 18.5. The molecular weight excluding hydrogens is 330 g/mol. The highest BCUT2D eigenvalue weighted by atomic mass is 16.3. The van der Waals surface area contributed by atoms with Crippen molar-refractivity contribution in [3.63, 3.8) is 0 Å². The highest BCUT2D eigenvalue weighted by Gasteiger charge is 2.13. The second-order valence-electron chi connectivity index (χ2n) is 6.43. The summed E-state index contributed by atoms with van der Waals surface area (Å²) in [5.41, 5.74) is 6.99. The Kier molecular flexibility index (Phi) is 5.63. The van der Waals surface area contributed by atoms with Crippen LogP contribution in [-0.4, -0.2) is 17.4 Å². The molecule has 0 saturated heterocycles. The molecule has 2 aliphatic rings. The zero-order valence-corrected chi connectivity index (χ0v) is 15.0. The minimum absolute atomic E-state index is 0.00411. The van der Waals surface area contributed by atoms with Crippen LogP contribution in [0.3, 0.4) is 0 Å². The number of anilines is 1. The first-order chi connectivity index (χ1) is 12.6. The van der Waals surface area contributed by atoms with Crippen LogP contribution in [0, 0.1) is 0 Å². The van der Waals surface area contributed by atoms with Gasteiger partial charge in [-0.15, -0.1) is 0 Å². The van der Waals surface area contributed by atoms with Gasteiger partial charge < -0.3 is 15.5 Å². The predicted molar refractivity (Wildman–Crippen MR) is 101 cm³/mol. The third-order valence-corrected chi connectivity index (χ3v) is 4.30. The van der Waals surface area contributed by atoms with Gasteiger partial charge >= 0.3 is 0 Å². The van der Waals surface area contributed by atoms with Gasteiger partial charge in [-0.25, -0.2) is 4.98 Å². The van der Waals surface area contributed by atoms with Crippen LogP contribution in [0.25, 0.3) is 22.6 Å². The minimum Gasteiger partial charge on any atom is -0.453 e. The topological polar surface area (TPSA) is 99.8 Å². The number of unbranched alkanes of at least 4 members (excludes halogenated alkanes) is 2. The van der Waals surface area contributed by atoms with Crippen molar-refractivity contribution >= 4 is 22.7 Å². The molecule has 0 unspecified atom stereocenters. The predicted octanol–water partition coefficient (Wildman–Crippen LogP) is 2.60. The number of benzene rings is 2. The molecule has 4 N–H and O–H groups in total. The van der Waals surface area contributed by atoms with E-state index in [1.165, 1.54) is 6.07 Å². The average Bonchev–Trinajstić information content (AvgIpc) is 2.61. The quantitative estimate of drug-likeness (QED) is 0.503. The van der Waals surface area contributed by atoms with Crippen LogP contribution >= 0.6 is 0 Å². The number of rotatable bonds is 7. The van der Waals surface area contributed by atoms with Crippen molar-refractivity contribution in [3.8, 4) is 11.5 Å². The number of fused-ring (bicyclic) bond motifs is 2. The Hall–Kier alpha value is -2.73. The van der Waals surface area contributed by atoms with Crippen molar-refractivity contribution in [1.29, 1.82) is 0 Å². The van der Waals surface area contributed by atoms with E-state index in [1.54, 1.807) is 18.2 Å². The number of hydrogen-bond acceptors (Lipinski definition) is 4. The molecule has 3 rings (SSSR count). The number of amides is 1. The largest absolute Gasteiger partial charge is 0.453 e. The first kappa shape index (κ1) is 18.1. The third-order valence-electron chi connectivity index (χ3n) is 4.30. The summed E-state index contributed by atoms with van der Waals surface area (Å²) in [7, 11) is 0. The van der Waals surface area contributed by atoms with Crippen molar-refractivity contribution in [2.24, 2.45) is 0 Å². The van der Waals surface area contributed by atoms with E-state index in [0.717, 1.165) is 31.2 Å². The molecule has 0 saturated carbocycles. The summed E-state index contributed by atoms with van der Waals surface area (Å²) in [4.78, 5) is 28.6. The summed E-state index contributed by atoms with van der Waals surface area (Å²) in [5, 5.41) is 2.83. The summed E-state index contributed by atoms with van der Waals surface area (Å²) in [6.45, 7) is 2.69. The molecule has 1 aromatic rings. The van der Waals surface area contributed by atoms with Crippen molar-refractivity contribution in [3.05, 3.63) is 46.1 Å². The number of aryl methyl sites for hydroxylation is 1. The van der Waals surface area contributed by atoms with E-state index >= 15 is 0 Å². The highest BCUT2D eigenvalue weighted by Crippen LogP contribution is 2.26. The van der Waals surface area contributed by atoms with Crippen molar-refractivity contribution < 1.29 is 14.9 Å². The Balaban J connectivity index is 1.95. The van der Waals surface area contributed by atoms with Gasteiger partial charge in [-0.2, -0.15) is 0 Å². The smallest absolute Gasteiger partial charge is 0.230 e. The SMILES string of the molecule is CCCCCc1cc2nc3cc(NC(=O)CC[NH3+])ccc3oc-2cc1=O. The highest BCUT2D eigenvalue weighted by molar-refractivity contribution is 5.93. The van der Waals surface area contributed by atoms with E-state index < -0.39 is 0 Å². The maximum atomic E-state index is 12.3. The molecule has 0 atom stereocenters. The number of nitrogens with one attached hydrogen (secondary N) is 1. The summed E-state index contributed by atoms with van der Waals surface area (Å²) >= 11 is 0. The number of carbonyl (C=O) groups excluding carboxylic acids is 1. The Morgan fingerprint density at radius 2 is 2.08 bits per heavy atom. The molecule has 0 bridgehead atoms. The molecule has 6 heteroatoms. The maximum Gasteiger partial charge on any atom is 0.230 e. The Morgan fingerprint density at radius 3 is 2.85 bits per heavy atom. The molecule has 0 radical (unpaired) electrons. The van der Waals surface area contributed by atoms with E-state index in [2.05, 4.69) is 23.0 Å². The second kappa shape index (κ2) is 8.10. The second-order valence-corrected chi connectivity index (χ2v) is 6.43. The number of carbonyl (C=O) groups is 1. The van der Waals surface area contributed by atoms with Crippen molar-refractivity contribution in [2.75, 3.05) is 11.9 Å². The number of nitrogens with zero attached hydrogens (tertiary/aromatic N) is 1. The fourth-order valence-electron chi connectivity index (χ4n) is 2.92.